The summed E-state index contributed by atoms with van der Waals surface area (Å²) < 4.78 is 28.7. The Hall–Kier alpha value is -2.12. The van der Waals surface area contributed by atoms with Crippen molar-refractivity contribution in [2.75, 3.05) is 11.6 Å². The second kappa shape index (κ2) is 9.71. The van der Waals surface area contributed by atoms with Gasteiger partial charge >= 0.3 is 0 Å². The molecule has 0 aliphatic heterocycles. The fourth-order valence-electron chi connectivity index (χ4n) is 2.38. The van der Waals surface area contributed by atoms with Crippen molar-refractivity contribution in [1.82, 2.24) is 10.3 Å². The van der Waals surface area contributed by atoms with E-state index in [2.05, 4.69) is 15.6 Å². The lowest BCUT2D eigenvalue weighted by Gasteiger charge is -2.18. The number of hydrogen-bond donors (Lipinski definition) is 2. The number of pyridine rings is 1. The average Bonchev–Trinajstić information content (AvgIpc) is 2.62. The lowest BCUT2D eigenvalue weighted by molar-refractivity contribution is 0.0936. The summed E-state index contributed by atoms with van der Waals surface area (Å²) in [6.45, 7) is 3.49. The second-order valence-electron chi connectivity index (χ2n) is 5.87. The number of nitrogens with one attached hydrogen (secondary N) is 2. The monoisotopic (exact) mass is 411 g/mol. The van der Waals surface area contributed by atoms with Gasteiger partial charge in [0.1, 0.15) is 0 Å². The quantitative estimate of drug-likeness (QED) is 0.616. The summed E-state index contributed by atoms with van der Waals surface area (Å²) in [5.74, 6) is -2.66. The third-order valence-corrected chi connectivity index (χ3v) is 4.52. The number of amides is 1. The van der Waals surface area contributed by atoms with Crippen LogP contribution >= 0.6 is 23.4 Å². The van der Waals surface area contributed by atoms with Crippen molar-refractivity contribution in [2.45, 2.75) is 25.9 Å². The van der Waals surface area contributed by atoms with Gasteiger partial charge in [-0.3, -0.25) is 4.79 Å². The van der Waals surface area contributed by atoms with Crippen LogP contribution in [-0.2, 0) is 0 Å². The van der Waals surface area contributed by atoms with E-state index in [1.807, 2.05) is 6.26 Å². The first-order valence-electron chi connectivity index (χ1n) is 8.20. The Morgan fingerprint density at radius 3 is 2.67 bits per heavy atom. The highest BCUT2D eigenvalue weighted by molar-refractivity contribution is 8.01. The molecule has 4 nitrogen and oxygen atoms in total. The van der Waals surface area contributed by atoms with E-state index >= 15 is 0 Å². The summed E-state index contributed by atoms with van der Waals surface area (Å²) in [5, 5.41) is 7.68. The van der Waals surface area contributed by atoms with E-state index in [1.165, 1.54) is 11.8 Å². The minimum absolute atomic E-state index is 0.146. The Kier molecular flexibility index (Phi) is 7.62. The molecule has 27 heavy (non-hydrogen) atoms. The zero-order chi connectivity index (χ0) is 20.0. The molecular formula is C19H20ClF2N3OS. The average molecular weight is 412 g/mol. The number of benzene rings is 1. The number of halogens is 3. The first-order chi connectivity index (χ1) is 12.8. The molecule has 0 aliphatic carbocycles. The maximum atomic E-state index is 14.3. The van der Waals surface area contributed by atoms with Gasteiger partial charge in [0.2, 0.25) is 5.95 Å². The van der Waals surface area contributed by atoms with Crippen LogP contribution in [-0.4, -0.2) is 23.2 Å². The maximum Gasteiger partial charge on any atom is 0.273 e. The zero-order valence-corrected chi connectivity index (χ0v) is 16.7. The topological polar surface area (TPSA) is 54.0 Å². The highest BCUT2D eigenvalue weighted by Gasteiger charge is 2.20. The fourth-order valence-corrected chi connectivity index (χ4v) is 3.08. The van der Waals surface area contributed by atoms with E-state index in [4.69, 9.17) is 11.6 Å². The SMILES string of the molecule is CS/C=C/[C@@H](C)NC(=O)c1nc(F)c(N[C@@H](C)c2ccccc2Cl)cc1F. The van der Waals surface area contributed by atoms with E-state index < -0.39 is 23.4 Å². The van der Waals surface area contributed by atoms with Crippen molar-refractivity contribution in [3.8, 4) is 0 Å². The predicted molar refractivity (Wildman–Crippen MR) is 107 cm³/mol. The van der Waals surface area contributed by atoms with E-state index in [1.54, 1.807) is 49.6 Å². The van der Waals surface area contributed by atoms with Crippen LogP contribution in [0.1, 0.15) is 35.9 Å². The van der Waals surface area contributed by atoms with Crippen molar-refractivity contribution in [3.63, 3.8) is 0 Å². The normalized spacial score (nSPS) is 13.4. The molecule has 0 saturated heterocycles. The lowest BCUT2D eigenvalue weighted by atomic mass is 10.1. The molecule has 0 fully saturated rings. The van der Waals surface area contributed by atoms with Crippen molar-refractivity contribution in [3.05, 3.63) is 69.9 Å². The number of nitrogens with zero attached hydrogens (tertiary/aromatic N) is 1. The molecule has 0 bridgehead atoms. The number of aromatic nitrogens is 1. The Morgan fingerprint density at radius 2 is 2.00 bits per heavy atom. The Morgan fingerprint density at radius 1 is 1.30 bits per heavy atom. The van der Waals surface area contributed by atoms with Crippen LogP contribution in [0.4, 0.5) is 14.5 Å². The maximum absolute atomic E-state index is 14.3. The van der Waals surface area contributed by atoms with Crippen molar-refractivity contribution in [2.24, 2.45) is 0 Å². The molecule has 8 heteroatoms. The highest BCUT2D eigenvalue weighted by atomic mass is 35.5. The van der Waals surface area contributed by atoms with Gasteiger partial charge in [-0.05, 0) is 37.1 Å². The van der Waals surface area contributed by atoms with E-state index in [0.717, 1.165) is 11.6 Å². The van der Waals surface area contributed by atoms with Gasteiger partial charge in [0.25, 0.3) is 5.91 Å². The fraction of sp³-hybridized carbons (Fsp3) is 0.263. The predicted octanol–water partition coefficient (Wildman–Crippen LogP) is 5.18. The van der Waals surface area contributed by atoms with Crippen LogP contribution in [0.5, 0.6) is 0 Å². The van der Waals surface area contributed by atoms with Gasteiger partial charge in [-0.1, -0.05) is 35.9 Å². The van der Waals surface area contributed by atoms with Crippen LogP contribution in [0.25, 0.3) is 0 Å². The molecule has 2 rings (SSSR count). The second-order valence-corrected chi connectivity index (χ2v) is 7.02. The molecule has 2 aromatic rings. The molecule has 1 aromatic carbocycles. The van der Waals surface area contributed by atoms with Gasteiger partial charge in [-0.15, -0.1) is 11.8 Å². The molecule has 1 aromatic heterocycles. The summed E-state index contributed by atoms with van der Waals surface area (Å²) >= 11 is 7.59. The first kappa shape index (κ1) is 21.2. The van der Waals surface area contributed by atoms with Crippen LogP contribution in [0.2, 0.25) is 5.02 Å². The molecule has 0 saturated carbocycles. The standard InChI is InChI=1S/C19H20ClF2N3OS/c1-11(8-9-27-3)23-19(26)17-15(21)10-16(18(22)25-17)24-12(2)13-6-4-5-7-14(13)20/h4-12,24H,1-3H3,(H,23,26)/b9-8+/t11-,12+/m1/s1. The van der Waals surface area contributed by atoms with Crippen LogP contribution in [0.15, 0.2) is 41.8 Å². The minimum Gasteiger partial charge on any atom is -0.375 e. The molecule has 144 valence electrons. The van der Waals surface area contributed by atoms with Gasteiger partial charge < -0.3 is 10.6 Å². The Labute approximate surface area is 166 Å². The van der Waals surface area contributed by atoms with Crippen molar-refractivity contribution < 1.29 is 13.6 Å². The third-order valence-electron chi connectivity index (χ3n) is 3.75. The number of carbonyl (C=O) groups is 1. The van der Waals surface area contributed by atoms with Gasteiger partial charge in [0.05, 0.1) is 11.7 Å². The van der Waals surface area contributed by atoms with Crippen molar-refractivity contribution >= 4 is 35.0 Å². The van der Waals surface area contributed by atoms with Gasteiger partial charge in [-0.25, -0.2) is 9.37 Å². The number of thioether (sulfide) groups is 1. The number of hydrogen-bond acceptors (Lipinski definition) is 4. The third kappa shape index (κ3) is 5.68. The van der Waals surface area contributed by atoms with E-state index in [-0.39, 0.29) is 17.8 Å². The van der Waals surface area contributed by atoms with Gasteiger partial charge in [-0.2, -0.15) is 4.39 Å². The summed E-state index contributed by atoms with van der Waals surface area (Å²) in [6, 6.07) is 7.28. The van der Waals surface area contributed by atoms with E-state index in [0.29, 0.717) is 5.02 Å². The van der Waals surface area contributed by atoms with E-state index in [9.17, 15) is 13.6 Å². The smallest absolute Gasteiger partial charge is 0.273 e. The Balaban J connectivity index is 2.18. The van der Waals surface area contributed by atoms with Gasteiger partial charge in [0.15, 0.2) is 11.5 Å². The Bertz CT molecular complexity index is 848. The van der Waals surface area contributed by atoms with Gasteiger partial charge in [0, 0.05) is 17.1 Å². The minimum atomic E-state index is -0.965. The van der Waals surface area contributed by atoms with Crippen molar-refractivity contribution in [1.29, 1.82) is 0 Å². The first-order valence-corrected chi connectivity index (χ1v) is 9.87. The molecule has 0 spiro atoms. The summed E-state index contributed by atoms with van der Waals surface area (Å²) in [7, 11) is 0. The molecule has 1 heterocycles. The highest BCUT2D eigenvalue weighted by Crippen LogP contribution is 2.27. The van der Waals surface area contributed by atoms with Crippen LogP contribution in [0, 0.1) is 11.8 Å². The molecule has 2 N–H and O–H groups in total. The van der Waals surface area contributed by atoms with Crippen LogP contribution in [0.3, 0.4) is 0 Å². The lowest BCUT2D eigenvalue weighted by Crippen LogP contribution is -2.32. The number of anilines is 1. The summed E-state index contributed by atoms with van der Waals surface area (Å²) in [6.07, 6.45) is 3.61. The molecule has 2 atom stereocenters. The molecular weight excluding hydrogens is 392 g/mol. The number of carbonyl (C=O) groups excluding carboxylic acids is 1. The molecule has 0 radical (unpaired) electrons. The van der Waals surface area contributed by atoms with Crippen LogP contribution < -0.4 is 10.6 Å². The largest absolute Gasteiger partial charge is 0.375 e. The molecule has 0 unspecified atom stereocenters. The molecule has 1 amide bonds. The number of rotatable bonds is 7. The summed E-state index contributed by atoms with van der Waals surface area (Å²) in [4.78, 5) is 15.6. The summed E-state index contributed by atoms with van der Waals surface area (Å²) in [5.41, 5.74) is -0.00477. The molecule has 0 aliphatic rings. The zero-order valence-electron chi connectivity index (χ0n) is 15.1.